The quantitative estimate of drug-likeness (QED) is 0.771. The van der Waals surface area contributed by atoms with Crippen LogP contribution in [0.25, 0.3) is 0 Å². The Balaban J connectivity index is 1.69. The molecule has 7 heteroatoms. The van der Waals surface area contributed by atoms with Crippen LogP contribution in [-0.2, 0) is 24.2 Å². The highest BCUT2D eigenvalue weighted by Gasteiger charge is 2.41. The number of hydrogen-bond acceptors (Lipinski definition) is 4. The summed E-state index contributed by atoms with van der Waals surface area (Å²) in [4.78, 5) is 30.8. The van der Waals surface area contributed by atoms with Gasteiger partial charge in [0.25, 0.3) is 5.91 Å². The Morgan fingerprint density at radius 2 is 1.87 bits per heavy atom. The molecule has 0 radical (unpaired) electrons. The molecule has 1 saturated heterocycles. The van der Waals surface area contributed by atoms with Crippen molar-refractivity contribution in [1.82, 2.24) is 24.6 Å². The number of amides is 3. The Morgan fingerprint density at radius 1 is 1.13 bits per heavy atom. The van der Waals surface area contributed by atoms with Gasteiger partial charge in [-0.2, -0.15) is 5.10 Å². The highest BCUT2D eigenvalue weighted by molar-refractivity contribution is 6.03. The van der Waals surface area contributed by atoms with E-state index in [1.54, 1.807) is 11.7 Å². The summed E-state index contributed by atoms with van der Waals surface area (Å²) < 4.78 is 1.80. The van der Waals surface area contributed by atoms with Crippen molar-refractivity contribution in [3.8, 4) is 0 Å². The van der Waals surface area contributed by atoms with Gasteiger partial charge < -0.3 is 4.90 Å². The van der Waals surface area contributed by atoms with E-state index in [2.05, 4.69) is 22.2 Å². The molecular weight excluding hydrogens is 294 g/mol. The van der Waals surface area contributed by atoms with Crippen molar-refractivity contribution in [2.24, 2.45) is 0 Å². The Kier molecular flexibility index (Phi) is 4.10. The van der Waals surface area contributed by atoms with Gasteiger partial charge in [0, 0.05) is 27.1 Å². The third-order valence-electron chi connectivity index (χ3n) is 4.20. The maximum absolute atomic E-state index is 12.1. The van der Waals surface area contributed by atoms with Crippen LogP contribution >= 0.6 is 0 Å². The van der Waals surface area contributed by atoms with E-state index >= 15 is 0 Å². The molecule has 1 aliphatic heterocycles. The molecular formula is C16H19N5O2. The van der Waals surface area contributed by atoms with E-state index < -0.39 is 6.04 Å². The van der Waals surface area contributed by atoms with Crippen molar-refractivity contribution < 1.29 is 9.59 Å². The second-order valence-electron chi connectivity index (χ2n) is 5.65. The number of aromatic nitrogens is 3. The van der Waals surface area contributed by atoms with E-state index in [4.69, 9.17) is 0 Å². The molecule has 1 aliphatic rings. The van der Waals surface area contributed by atoms with Crippen molar-refractivity contribution in [2.75, 3.05) is 14.1 Å². The smallest absolute Gasteiger partial charge is 0.315 e. The van der Waals surface area contributed by atoms with Crippen molar-refractivity contribution in [2.45, 2.75) is 25.4 Å². The maximum atomic E-state index is 12.1. The molecule has 120 valence electrons. The number of hydrogen-bond donors (Lipinski definition) is 0. The molecule has 0 saturated carbocycles. The van der Waals surface area contributed by atoms with E-state index in [1.807, 2.05) is 18.2 Å². The first-order valence-electron chi connectivity index (χ1n) is 7.53. The summed E-state index contributed by atoms with van der Waals surface area (Å²) in [6.07, 6.45) is 2.70. The molecule has 1 aromatic carbocycles. The van der Waals surface area contributed by atoms with Gasteiger partial charge in [-0.1, -0.05) is 30.3 Å². The van der Waals surface area contributed by atoms with Crippen molar-refractivity contribution in [3.63, 3.8) is 0 Å². The average molecular weight is 313 g/mol. The lowest BCUT2D eigenvalue weighted by Crippen LogP contribution is -2.34. The van der Waals surface area contributed by atoms with Gasteiger partial charge in [-0.05, 0) is 12.0 Å². The number of benzene rings is 1. The summed E-state index contributed by atoms with van der Waals surface area (Å²) in [5.41, 5.74) is 1.22. The number of urea groups is 1. The molecule has 2 heterocycles. The summed E-state index contributed by atoms with van der Waals surface area (Å²) in [6, 6.07) is 9.34. The van der Waals surface area contributed by atoms with Crippen molar-refractivity contribution in [1.29, 1.82) is 0 Å². The Morgan fingerprint density at radius 3 is 2.52 bits per heavy atom. The number of carbonyl (C=O) groups excluding carboxylic acids is 2. The summed E-state index contributed by atoms with van der Waals surface area (Å²) in [7, 11) is 3.14. The van der Waals surface area contributed by atoms with Crippen molar-refractivity contribution >= 4 is 11.9 Å². The summed E-state index contributed by atoms with van der Waals surface area (Å²) in [6.45, 7) is 0.688. The second-order valence-corrected chi connectivity index (χ2v) is 5.65. The summed E-state index contributed by atoms with van der Waals surface area (Å²) in [5, 5.41) is 4.24. The van der Waals surface area contributed by atoms with E-state index in [1.165, 1.54) is 23.8 Å². The fourth-order valence-electron chi connectivity index (χ4n) is 2.76. The molecule has 1 atom stereocenters. The fraction of sp³-hybridized carbons (Fsp3) is 0.375. The Hall–Kier alpha value is -2.70. The lowest BCUT2D eigenvalue weighted by Gasteiger charge is -2.16. The highest BCUT2D eigenvalue weighted by atomic mass is 16.2. The van der Waals surface area contributed by atoms with E-state index in [-0.39, 0.29) is 11.9 Å². The SMILES string of the molecule is CN1C(=O)C(Cc2ncnn2CCc2ccccc2)N(C)C1=O. The molecule has 0 N–H and O–H groups in total. The predicted molar refractivity (Wildman–Crippen MR) is 83.6 cm³/mol. The normalized spacial score (nSPS) is 18.1. The second kappa shape index (κ2) is 6.20. The first-order chi connectivity index (χ1) is 11.1. The van der Waals surface area contributed by atoms with Crippen LogP contribution in [0.5, 0.6) is 0 Å². The molecule has 0 aliphatic carbocycles. The molecule has 3 amide bonds. The van der Waals surface area contributed by atoms with Crippen LogP contribution < -0.4 is 0 Å². The van der Waals surface area contributed by atoms with Crippen LogP contribution in [-0.4, -0.2) is 56.6 Å². The van der Waals surface area contributed by atoms with Gasteiger partial charge in [0.2, 0.25) is 0 Å². The van der Waals surface area contributed by atoms with Gasteiger partial charge in [-0.15, -0.1) is 0 Å². The molecule has 0 bridgehead atoms. The molecule has 23 heavy (non-hydrogen) atoms. The minimum Gasteiger partial charge on any atom is -0.315 e. The molecule has 1 aromatic heterocycles. The first-order valence-corrected chi connectivity index (χ1v) is 7.53. The van der Waals surface area contributed by atoms with Gasteiger partial charge in [0.1, 0.15) is 18.2 Å². The third kappa shape index (κ3) is 2.94. The third-order valence-corrected chi connectivity index (χ3v) is 4.20. The van der Waals surface area contributed by atoms with Crippen LogP contribution in [0.15, 0.2) is 36.7 Å². The number of carbonyl (C=O) groups is 2. The minimum absolute atomic E-state index is 0.199. The first kappa shape index (κ1) is 15.2. The van der Waals surface area contributed by atoms with Crippen LogP contribution in [0.2, 0.25) is 0 Å². The lowest BCUT2D eigenvalue weighted by atomic mass is 10.1. The number of aryl methyl sites for hydroxylation is 2. The van der Waals surface area contributed by atoms with Crippen LogP contribution in [0.3, 0.4) is 0 Å². The van der Waals surface area contributed by atoms with Crippen LogP contribution in [0.4, 0.5) is 4.79 Å². The van der Waals surface area contributed by atoms with E-state index in [0.29, 0.717) is 18.8 Å². The topological polar surface area (TPSA) is 71.3 Å². The maximum Gasteiger partial charge on any atom is 0.326 e. The van der Waals surface area contributed by atoms with E-state index in [9.17, 15) is 9.59 Å². The standard InChI is InChI=1S/C16H19N5O2/c1-19-13(15(22)20(2)16(19)23)10-14-17-11-18-21(14)9-8-12-6-4-3-5-7-12/h3-7,11,13H,8-10H2,1-2H3. The zero-order chi connectivity index (χ0) is 16.4. The number of likely N-dealkylation sites (N-methyl/N-ethyl adjacent to an activating group) is 2. The summed E-state index contributed by atoms with van der Waals surface area (Å²) >= 11 is 0. The van der Waals surface area contributed by atoms with E-state index in [0.717, 1.165) is 11.3 Å². The van der Waals surface area contributed by atoms with Gasteiger partial charge in [-0.3, -0.25) is 9.69 Å². The molecule has 7 nitrogen and oxygen atoms in total. The predicted octanol–water partition coefficient (Wildman–Crippen LogP) is 0.956. The van der Waals surface area contributed by atoms with Gasteiger partial charge in [0.15, 0.2) is 0 Å². The van der Waals surface area contributed by atoms with Crippen LogP contribution in [0.1, 0.15) is 11.4 Å². The largest absolute Gasteiger partial charge is 0.326 e. The lowest BCUT2D eigenvalue weighted by molar-refractivity contribution is -0.127. The zero-order valence-corrected chi connectivity index (χ0v) is 13.2. The molecule has 0 spiro atoms. The minimum atomic E-state index is -0.507. The molecule has 1 unspecified atom stereocenters. The number of nitrogens with zero attached hydrogens (tertiary/aromatic N) is 5. The van der Waals surface area contributed by atoms with Gasteiger partial charge >= 0.3 is 6.03 Å². The average Bonchev–Trinajstić information content (AvgIpc) is 3.09. The zero-order valence-electron chi connectivity index (χ0n) is 13.2. The monoisotopic (exact) mass is 313 g/mol. The molecule has 2 aromatic rings. The number of imide groups is 1. The molecule has 1 fully saturated rings. The summed E-state index contributed by atoms with van der Waals surface area (Å²) in [5.74, 6) is 0.518. The highest BCUT2D eigenvalue weighted by Crippen LogP contribution is 2.17. The van der Waals surface area contributed by atoms with Gasteiger partial charge in [0.05, 0.1) is 0 Å². The number of rotatable bonds is 5. The van der Waals surface area contributed by atoms with Crippen molar-refractivity contribution in [3.05, 3.63) is 48.0 Å². The fourth-order valence-corrected chi connectivity index (χ4v) is 2.76. The Labute approximate surface area is 134 Å². The van der Waals surface area contributed by atoms with Crippen LogP contribution in [0, 0.1) is 0 Å². The molecule has 3 rings (SSSR count). The Bertz CT molecular complexity index is 712. The van der Waals surface area contributed by atoms with Gasteiger partial charge in [-0.25, -0.2) is 14.5 Å².